The number of hydrogen-bond donors (Lipinski definition) is 3. The van der Waals surface area contributed by atoms with E-state index in [1.165, 1.54) is 6.07 Å². The summed E-state index contributed by atoms with van der Waals surface area (Å²) in [6.45, 7) is 0. The number of hydrogen-bond acceptors (Lipinski definition) is 3. The predicted octanol–water partition coefficient (Wildman–Crippen LogP) is 6.04. The van der Waals surface area contributed by atoms with Crippen molar-refractivity contribution < 1.29 is 22.8 Å². The molecule has 1 aliphatic rings. The number of carbonyl (C=O) groups excluding carboxylic acids is 2. The van der Waals surface area contributed by atoms with E-state index in [2.05, 4.69) is 16.0 Å². The first kappa shape index (κ1) is 23.6. The van der Waals surface area contributed by atoms with Crippen LogP contribution in [0.15, 0.2) is 72.8 Å². The highest BCUT2D eigenvalue weighted by Crippen LogP contribution is 2.37. The Kier molecular flexibility index (Phi) is 6.79. The lowest BCUT2D eigenvalue weighted by Gasteiger charge is -2.22. The summed E-state index contributed by atoms with van der Waals surface area (Å²) < 4.78 is 40.5. The van der Waals surface area contributed by atoms with Crippen molar-refractivity contribution in [3.63, 3.8) is 0 Å². The van der Waals surface area contributed by atoms with Gasteiger partial charge in [-0.15, -0.1) is 0 Å². The van der Waals surface area contributed by atoms with Gasteiger partial charge in [0.05, 0.1) is 11.3 Å². The molecule has 3 aromatic rings. The van der Waals surface area contributed by atoms with Crippen molar-refractivity contribution in [2.75, 3.05) is 10.6 Å². The number of amides is 2. The molecule has 1 atom stereocenters. The molecule has 0 heterocycles. The fourth-order valence-corrected chi connectivity index (χ4v) is 3.60. The maximum atomic E-state index is 13.5. The molecule has 3 aromatic carbocycles. The molecule has 3 N–H and O–H groups in total. The normalized spacial score (nSPS) is 14.2. The molecular weight excluding hydrogens is 467 g/mol. The molecule has 0 spiro atoms. The standard InChI is InChI=1S/C25H21ClF3N3O2/c26-17-9-12-21(20(14-17)25(27,28)29)32-24(34)22(15-5-2-1-3-6-15)30-19-8-4-7-16(13-19)23(33)31-18-10-11-18/h1-9,12-14,18,22,30H,10-11H2,(H,31,33)(H,32,34). The van der Waals surface area contributed by atoms with Crippen molar-refractivity contribution in [3.05, 3.63) is 94.5 Å². The van der Waals surface area contributed by atoms with Gasteiger partial charge >= 0.3 is 6.18 Å². The first-order valence-electron chi connectivity index (χ1n) is 10.6. The van der Waals surface area contributed by atoms with Crippen molar-refractivity contribution in [2.24, 2.45) is 0 Å². The van der Waals surface area contributed by atoms with Crippen LogP contribution in [0.5, 0.6) is 0 Å². The van der Waals surface area contributed by atoms with Crippen LogP contribution in [0, 0.1) is 0 Å². The minimum Gasteiger partial charge on any atom is -0.370 e. The number of carbonyl (C=O) groups is 2. The molecule has 1 saturated carbocycles. The second-order valence-corrected chi connectivity index (χ2v) is 8.43. The maximum absolute atomic E-state index is 13.5. The van der Waals surface area contributed by atoms with Crippen LogP contribution in [0.2, 0.25) is 5.02 Å². The topological polar surface area (TPSA) is 70.2 Å². The molecule has 0 aliphatic heterocycles. The number of rotatable bonds is 7. The maximum Gasteiger partial charge on any atom is 0.418 e. The largest absolute Gasteiger partial charge is 0.418 e. The lowest BCUT2D eigenvalue weighted by molar-refractivity contribution is -0.137. The van der Waals surface area contributed by atoms with Crippen LogP contribution >= 0.6 is 11.6 Å². The Morgan fingerprint density at radius 3 is 2.35 bits per heavy atom. The van der Waals surface area contributed by atoms with Gasteiger partial charge in [-0.3, -0.25) is 9.59 Å². The van der Waals surface area contributed by atoms with Gasteiger partial charge in [0.25, 0.3) is 11.8 Å². The van der Waals surface area contributed by atoms with Crippen LogP contribution < -0.4 is 16.0 Å². The van der Waals surface area contributed by atoms with E-state index in [0.29, 0.717) is 16.8 Å². The molecule has 0 saturated heterocycles. The Morgan fingerprint density at radius 1 is 0.941 bits per heavy atom. The zero-order valence-electron chi connectivity index (χ0n) is 17.8. The smallest absolute Gasteiger partial charge is 0.370 e. The quantitative estimate of drug-likeness (QED) is 0.380. The molecule has 1 fully saturated rings. The molecule has 2 amide bonds. The third-order valence-electron chi connectivity index (χ3n) is 5.29. The number of benzene rings is 3. The Balaban J connectivity index is 1.61. The summed E-state index contributed by atoms with van der Waals surface area (Å²) in [7, 11) is 0. The summed E-state index contributed by atoms with van der Waals surface area (Å²) in [5.41, 5.74) is -0.0164. The first-order valence-corrected chi connectivity index (χ1v) is 11.0. The van der Waals surface area contributed by atoms with E-state index in [0.717, 1.165) is 25.0 Å². The van der Waals surface area contributed by atoms with Crippen LogP contribution in [0.25, 0.3) is 0 Å². The van der Waals surface area contributed by atoms with E-state index in [1.807, 2.05) is 0 Å². The number of alkyl halides is 3. The van der Waals surface area contributed by atoms with Crippen LogP contribution in [0.1, 0.15) is 40.4 Å². The lowest BCUT2D eigenvalue weighted by Crippen LogP contribution is -2.29. The zero-order chi connectivity index (χ0) is 24.3. The van der Waals surface area contributed by atoms with Crippen LogP contribution in [-0.2, 0) is 11.0 Å². The second-order valence-electron chi connectivity index (χ2n) is 7.99. The van der Waals surface area contributed by atoms with E-state index in [4.69, 9.17) is 11.6 Å². The van der Waals surface area contributed by atoms with E-state index in [1.54, 1.807) is 54.6 Å². The highest BCUT2D eigenvalue weighted by Gasteiger charge is 2.35. The third-order valence-corrected chi connectivity index (χ3v) is 5.52. The number of halogens is 4. The van der Waals surface area contributed by atoms with Crippen molar-refractivity contribution >= 4 is 34.8 Å². The summed E-state index contributed by atoms with van der Waals surface area (Å²) in [6.07, 6.45) is -2.80. The van der Waals surface area contributed by atoms with Gasteiger partial charge in [0, 0.05) is 22.3 Å². The van der Waals surface area contributed by atoms with Gasteiger partial charge in [0.2, 0.25) is 0 Å². The molecule has 4 rings (SSSR count). The fourth-order valence-electron chi connectivity index (χ4n) is 3.42. The van der Waals surface area contributed by atoms with Gasteiger partial charge in [-0.05, 0) is 54.8 Å². The molecular formula is C25H21ClF3N3O2. The second kappa shape index (κ2) is 9.77. The molecule has 176 valence electrons. The molecule has 0 bridgehead atoms. The van der Waals surface area contributed by atoms with Crippen LogP contribution in [-0.4, -0.2) is 17.9 Å². The summed E-state index contributed by atoms with van der Waals surface area (Å²) >= 11 is 5.74. The highest BCUT2D eigenvalue weighted by molar-refractivity contribution is 6.30. The van der Waals surface area contributed by atoms with Gasteiger partial charge in [-0.1, -0.05) is 48.0 Å². The van der Waals surface area contributed by atoms with Gasteiger partial charge in [-0.25, -0.2) is 0 Å². The van der Waals surface area contributed by atoms with Crippen molar-refractivity contribution in [1.29, 1.82) is 0 Å². The molecule has 34 heavy (non-hydrogen) atoms. The highest BCUT2D eigenvalue weighted by atomic mass is 35.5. The number of anilines is 2. The SMILES string of the molecule is O=C(NC1CC1)c1cccc(NC(C(=O)Nc2ccc(Cl)cc2C(F)(F)F)c2ccccc2)c1. The number of nitrogens with one attached hydrogen (secondary N) is 3. The first-order chi connectivity index (χ1) is 16.2. The minimum atomic E-state index is -4.70. The average molecular weight is 488 g/mol. The van der Waals surface area contributed by atoms with Crippen LogP contribution in [0.3, 0.4) is 0 Å². The van der Waals surface area contributed by atoms with Gasteiger partial charge in [0.1, 0.15) is 6.04 Å². The molecule has 1 unspecified atom stereocenters. The summed E-state index contributed by atoms with van der Waals surface area (Å²) in [6, 6.07) is 17.5. The predicted molar refractivity (Wildman–Crippen MR) is 125 cm³/mol. The summed E-state index contributed by atoms with van der Waals surface area (Å²) in [5.74, 6) is -0.922. The van der Waals surface area contributed by atoms with E-state index in [9.17, 15) is 22.8 Å². The van der Waals surface area contributed by atoms with Gasteiger partial charge in [0.15, 0.2) is 0 Å². The van der Waals surface area contributed by atoms with Gasteiger partial charge < -0.3 is 16.0 Å². The summed E-state index contributed by atoms with van der Waals surface area (Å²) in [5, 5.41) is 8.23. The average Bonchev–Trinajstić information content (AvgIpc) is 3.62. The zero-order valence-corrected chi connectivity index (χ0v) is 18.6. The minimum absolute atomic E-state index is 0.0932. The summed E-state index contributed by atoms with van der Waals surface area (Å²) in [4.78, 5) is 25.6. The lowest BCUT2D eigenvalue weighted by atomic mass is 10.0. The van der Waals surface area contributed by atoms with Crippen molar-refractivity contribution in [3.8, 4) is 0 Å². The van der Waals surface area contributed by atoms with E-state index < -0.39 is 29.4 Å². The molecule has 1 aliphatic carbocycles. The Labute approximate surface area is 199 Å². The molecule has 0 radical (unpaired) electrons. The van der Waals surface area contributed by atoms with Crippen molar-refractivity contribution in [2.45, 2.75) is 31.1 Å². The Hall–Kier alpha value is -3.52. The fraction of sp³-hybridized carbons (Fsp3) is 0.200. The Morgan fingerprint density at radius 2 is 1.68 bits per heavy atom. The van der Waals surface area contributed by atoms with Gasteiger partial charge in [-0.2, -0.15) is 13.2 Å². The third kappa shape index (κ3) is 5.88. The van der Waals surface area contributed by atoms with Crippen molar-refractivity contribution in [1.82, 2.24) is 5.32 Å². The van der Waals surface area contributed by atoms with E-state index >= 15 is 0 Å². The molecule has 5 nitrogen and oxygen atoms in total. The Bertz CT molecular complexity index is 1200. The van der Waals surface area contributed by atoms with E-state index in [-0.39, 0.29) is 17.0 Å². The monoisotopic (exact) mass is 487 g/mol. The molecule has 9 heteroatoms. The van der Waals surface area contributed by atoms with Crippen LogP contribution in [0.4, 0.5) is 24.5 Å². The molecule has 0 aromatic heterocycles.